The molecular weight excluding hydrogens is 442 g/mol. The highest BCUT2D eigenvalue weighted by Gasteiger charge is 2.23. The number of carbonyl (C=O) groups is 1. The molecule has 1 heterocycles. The number of benzene rings is 3. The quantitative estimate of drug-likeness (QED) is 0.249. The molecule has 0 bridgehead atoms. The van der Waals surface area contributed by atoms with Crippen molar-refractivity contribution in [2.24, 2.45) is 0 Å². The molecule has 0 unspecified atom stereocenters. The van der Waals surface area contributed by atoms with Crippen LogP contribution >= 0.6 is 35.3 Å². The van der Waals surface area contributed by atoms with Gasteiger partial charge in [0.15, 0.2) is 8.29 Å². The highest BCUT2D eigenvalue weighted by atomic mass is 32.2. The second-order valence-corrected chi connectivity index (χ2v) is 9.74. The number of para-hydroxylation sites is 1. The first-order chi connectivity index (χ1) is 15.1. The molecule has 4 nitrogen and oxygen atoms in total. The second kappa shape index (κ2) is 10.0. The molecule has 4 rings (SSSR count). The minimum Gasteiger partial charge on any atom is -0.334 e. The number of amides is 1. The van der Waals surface area contributed by atoms with E-state index in [0.29, 0.717) is 9.71 Å². The monoisotopic (exact) mass is 463 g/mol. The molecule has 1 aromatic heterocycles. The number of nitrogens with zero attached hydrogens (tertiary/aromatic N) is 3. The van der Waals surface area contributed by atoms with Gasteiger partial charge < -0.3 is 4.90 Å². The van der Waals surface area contributed by atoms with Crippen LogP contribution in [0.5, 0.6) is 0 Å². The minimum atomic E-state index is -0.143. The molecule has 0 aliphatic rings. The lowest BCUT2D eigenvalue weighted by atomic mass is 9.97. The highest BCUT2D eigenvalue weighted by Crippen LogP contribution is 2.29. The van der Waals surface area contributed by atoms with E-state index in [9.17, 15) is 4.79 Å². The molecular formula is C24H21N3OS3. The molecule has 0 spiro atoms. The fourth-order valence-electron chi connectivity index (χ4n) is 3.33. The largest absolute Gasteiger partial charge is 0.334 e. The summed E-state index contributed by atoms with van der Waals surface area (Å²) in [5, 5.41) is 4.60. The third kappa shape index (κ3) is 5.12. The first-order valence-corrected chi connectivity index (χ1v) is 12.0. The minimum absolute atomic E-state index is 0.0371. The van der Waals surface area contributed by atoms with E-state index in [1.807, 2.05) is 78.7 Å². The predicted molar refractivity (Wildman–Crippen MR) is 130 cm³/mol. The van der Waals surface area contributed by atoms with Crippen LogP contribution in [0.15, 0.2) is 95.3 Å². The van der Waals surface area contributed by atoms with Crippen LogP contribution in [0.4, 0.5) is 0 Å². The number of hydrogen-bond acceptors (Lipinski definition) is 5. The Hall–Kier alpha value is -2.74. The molecule has 3 aromatic carbocycles. The topological polar surface area (TPSA) is 38.1 Å². The van der Waals surface area contributed by atoms with Gasteiger partial charge in [0.1, 0.15) is 0 Å². The molecule has 4 aromatic rings. The normalized spacial score (nSPS) is 10.9. The molecule has 156 valence electrons. The first kappa shape index (κ1) is 21.5. The SMILES string of the molecule is CN(C(=O)CSc1nn(-c2ccccc2)c(=S)s1)C(c1ccccc1)c1ccccc1. The Kier molecular flexibility index (Phi) is 6.96. The van der Waals surface area contributed by atoms with Gasteiger partial charge in [-0.2, -0.15) is 0 Å². The second-order valence-electron chi connectivity index (χ2n) is 6.90. The summed E-state index contributed by atoms with van der Waals surface area (Å²) in [5.41, 5.74) is 3.09. The third-order valence-electron chi connectivity index (χ3n) is 4.86. The van der Waals surface area contributed by atoms with Gasteiger partial charge in [-0.3, -0.25) is 4.79 Å². The van der Waals surface area contributed by atoms with Gasteiger partial charge in [0.25, 0.3) is 0 Å². The summed E-state index contributed by atoms with van der Waals surface area (Å²) >= 11 is 8.31. The van der Waals surface area contributed by atoms with Gasteiger partial charge in [0.05, 0.1) is 17.5 Å². The summed E-state index contributed by atoms with van der Waals surface area (Å²) < 4.78 is 3.19. The Balaban J connectivity index is 1.50. The average Bonchev–Trinajstić information content (AvgIpc) is 3.20. The summed E-state index contributed by atoms with van der Waals surface area (Å²) in [6.07, 6.45) is 0. The average molecular weight is 464 g/mol. The van der Waals surface area contributed by atoms with Crippen molar-refractivity contribution in [3.05, 3.63) is 106 Å². The van der Waals surface area contributed by atoms with Crippen molar-refractivity contribution >= 4 is 41.2 Å². The molecule has 0 fully saturated rings. The third-order valence-corrected chi connectivity index (χ3v) is 7.21. The van der Waals surface area contributed by atoms with Gasteiger partial charge in [-0.15, -0.1) is 5.10 Å². The smallest absolute Gasteiger partial charge is 0.233 e. The summed E-state index contributed by atoms with van der Waals surface area (Å²) in [6.45, 7) is 0. The van der Waals surface area contributed by atoms with Crippen LogP contribution in [-0.4, -0.2) is 33.4 Å². The van der Waals surface area contributed by atoms with Gasteiger partial charge in [0.2, 0.25) is 5.91 Å². The Morgan fingerprint density at radius 3 is 2.03 bits per heavy atom. The standard InChI is InChI=1S/C24H21N3OS3/c1-26(22(18-11-5-2-6-12-18)19-13-7-3-8-14-19)21(28)17-30-23-25-27(24(29)31-23)20-15-9-4-10-16-20/h2-16,22H,17H2,1H3. The number of carbonyl (C=O) groups excluding carboxylic acids is 1. The zero-order chi connectivity index (χ0) is 21.6. The van der Waals surface area contributed by atoms with E-state index >= 15 is 0 Å². The van der Waals surface area contributed by atoms with Crippen molar-refractivity contribution in [2.45, 2.75) is 10.4 Å². The van der Waals surface area contributed by atoms with E-state index in [4.69, 9.17) is 12.2 Å². The molecule has 0 aliphatic heterocycles. The number of hydrogen-bond donors (Lipinski definition) is 0. The Morgan fingerprint density at radius 2 is 1.48 bits per heavy atom. The summed E-state index contributed by atoms with van der Waals surface area (Å²) in [4.78, 5) is 14.9. The Morgan fingerprint density at radius 1 is 0.968 bits per heavy atom. The van der Waals surface area contributed by atoms with Crippen molar-refractivity contribution in [3.63, 3.8) is 0 Å². The lowest BCUT2D eigenvalue weighted by Gasteiger charge is -2.29. The summed E-state index contributed by atoms with van der Waals surface area (Å²) in [5.74, 6) is 0.332. The molecule has 1 amide bonds. The first-order valence-electron chi connectivity index (χ1n) is 9.77. The van der Waals surface area contributed by atoms with Gasteiger partial charge in [-0.1, -0.05) is 102 Å². The fourth-order valence-corrected chi connectivity index (χ4v) is 5.62. The van der Waals surface area contributed by atoms with E-state index in [-0.39, 0.29) is 11.9 Å². The maximum atomic E-state index is 13.1. The number of rotatable bonds is 7. The lowest BCUT2D eigenvalue weighted by molar-refractivity contribution is -0.128. The van der Waals surface area contributed by atoms with Crippen molar-refractivity contribution in [3.8, 4) is 5.69 Å². The zero-order valence-corrected chi connectivity index (χ0v) is 19.4. The number of aromatic nitrogens is 2. The molecule has 7 heteroatoms. The molecule has 0 N–H and O–H groups in total. The summed E-state index contributed by atoms with van der Waals surface area (Å²) in [7, 11) is 1.86. The van der Waals surface area contributed by atoms with Crippen molar-refractivity contribution in [1.82, 2.24) is 14.7 Å². The zero-order valence-electron chi connectivity index (χ0n) is 16.9. The highest BCUT2D eigenvalue weighted by molar-refractivity contribution is 8.01. The van der Waals surface area contributed by atoms with Crippen LogP contribution in [-0.2, 0) is 4.79 Å². The number of thioether (sulfide) groups is 1. The van der Waals surface area contributed by atoms with Crippen LogP contribution in [0.2, 0.25) is 0 Å². The Bertz CT molecular complexity index is 1150. The van der Waals surface area contributed by atoms with E-state index in [1.165, 1.54) is 23.1 Å². The predicted octanol–water partition coefficient (Wildman–Crippen LogP) is 6.00. The van der Waals surface area contributed by atoms with Crippen molar-refractivity contribution in [2.75, 3.05) is 12.8 Å². The van der Waals surface area contributed by atoms with Crippen LogP contribution in [0.3, 0.4) is 0 Å². The van der Waals surface area contributed by atoms with Crippen LogP contribution in [0.25, 0.3) is 5.69 Å². The molecule has 0 atom stereocenters. The molecule has 0 aliphatic carbocycles. The van der Waals surface area contributed by atoms with E-state index in [2.05, 4.69) is 29.4 Å². The van der Waals surface area contributed by atoms with Crippen LogP contribution < -0.4 is 0 Å². The molecule has 0 radical (unpaired) electrons. The van der Waals surface area contributed by atoms with Crippen molar-refractivity contribution in [1.29, 1.82) is 0 Å². The Labute approximate surface area is 195 Å². The fraction of sp³-hybridized carbons (Fsp3) is 0.125. The lowest BCUT2D eigenvalue weighted by Crippen LogP contribution is -2.33. The van der Waals surface area contributed by atoms with E-state index < -0.39 is 0 Å². The van der Waals surface area contributed by atoms with Gasteiger partial charge in [-0.05, 0) is 35.5 Å². The van der Waals surface area contributed by atoms with E-state index in [0.717, 1.165) is 21.2 Å². The summed E-state index contributed by atoms with van der Waals surface area (Å²) in [6, 6.07) is 29.9. The molecule has 0 saturated heterocycles. The van der Waals surface area contributed by atoms with Gasteiger partial charge in [-0.25, -0.2) is 4.68 Å². The molecule has 31 heavy (non-hydrogen) atoms. The van der Waals surface area contributed by atoms with Crippen molar-refractivity contribution < 1.29 is 4.79 Å². The maximum Gasteiger partial charge on any atom is 0.233 e. The maximum absolute atomic E-state index is 13.1. The van der Waals surface area contributed by atoms with Gasteiger partial charge >= 0.3 is 0 Å². The van der Waals surface area contributed by atoms with Gasteiger partial charge in [0, 0.05) is 7.05 Å². The van der Waals surface area contributed by atoms with E-state index in [1.54, 1.807) is 4.68 Å². The van der Waals surface area contributed by atoms with Crippen LogP contribution in [0, 0.1) is 3.95 Å². The van der Waals surface area contributed by atoms with Crippen LogP contribution in [0.1, 0.15) is 17.2 Å². The molecule has 0 saturated carbocycles.